The van der Waals surface area contributed by atoms with E-state index in [2.05, 4.69) is 4.90 Å². The molecule has 2 aliphatic carbocycles. The van der Waals surface area contributed by atoms with E-state index in [0.717, 1.165) is 30.9 Å². The number of benzene rings is 1. The summed E-state index contributed by atoms with van der Waals surface area (Å²) in [7, 11) is 0. The van der Waals surface area contributed by atoms with Crippen molar-refractivity contribution in [1.29, 1.82) is 0 Å². The van der Waals surface area contributed by atoms with Crippen LogP contribution in [0.4, 0.5) is 0 Å². The van der Waals surface area contributed by atoms with Gasteiger partial charge in [-0.15, -0.1) is 0 Å². The SMILES string of the molecule is O=C(/C=C/c1ccccc1)N1CCC(C(=O)N(CC2CC2)C2CCC2)CC1. The van der Waals surface area contributed by atoms with Gasteiger partial charge >= 0.3 is 0 Å². The Morgan fingerprint density at radius 3 is 2.30 bits per heavy atom. The molecule has 1 aromatic carbocycles. The maximum atomic E-state index is 13.1. The predicted octanol–water partition coefficient (Wildman–Crippen LogP) is 3.73. The van der Waals surface area contributed by atoms with Gasteiger partial charge in [0.1, 0.15) is 0 Å². The topological polar surface area (TPSA) is 40.6 Å². The largest absolute Gasteiger partial charge is 0.339 e. The van der Waals surface area contributed by atoms with Crippen molar-refractivity contribution < 1.29 is 9.59 Å². The number of amides is 2. The van der Waals surface area contributed by atoms with E-state index in [1.807, 2.05) is 41.3 Å². The molecule has 1 heterocycles. The Kier molecular flexibility index (Phi) is 5.61. The highest BCUT2D eigenvalue weighted by Gasteiger charge is 2.37. The number of hydrogen-bond donors (Lipinski definition) is 0. The van der Waals surface area contributed by atoms with Crippen LogP contribution in [0.3, 0.4) is 0 Å². The molecule has 2 saturated carbocycles. The zero-order valence-electron chi connectivity index (χ0n) is 16.1. The lowest BCUT2D eigenvalue weighted by molar-refractivity contribution is -0.143. The van der Waals surface area contributed by atoms with Crippen LogP contribution in [0.5, 0.6) is 0 Å². The second-order valence-electron chi connectivity index (χ2n) is 8.36. The normalized spacial score (nSPS) is 21.3. The molecule has 3 fully saturated rings. The first-order chi connectivity index (χ1) is 13.2. The molecule has 0 radical (unpaired) electrons. The molecular weight excluding hydrogens is 336 g/mol. The van der Waals surface area contributed by atoms with Gasteiger partial charge in [0.2, 0.25) is 11.8 Å². The van der Waals surface area contributed by atoms with Crippen molar-refractivity contribution in [3.63, 3.8) is 0 Å². The Morgan fingerprint density at radius 2 is 1.70 bits per heavy atom. The molecule has 1 saturated heterocycles. The van der Waals surface area contributed by atoms with E-state index in [4.69, 9.17) is 0 Å². The van der Waals surface area contributed by atoms with Gasteiger partial charge in [-0.3, -0.25) is 9.59 Å². The molecule has 0 unspecified atom stereocenters. The van der Waals surface area contributed by atoms with Crippen molar-refractivity contribution >= 4 is 17.9 Å². The molecule has 3 aliphatic rings. The Balaban J connectivity index is 1.29. The minimum atomic E-state index is 0.0542. The van der Waals surface area contributed by atoms with Gasteiger partial charge in [-0.1, -0.05) is 30.3 Å². The Hall–Kier alpha value is -2.10. The number of hydrogen-bond acceptors (Lipinski definition) is 2. The summed E-state index contributed by atoms with van der Waals surface area (Å²) in [5.74, 6) is 1.27. The minimum Gasteiger partial charge on any atom is -0.339 e. The summed E-state index contributed by atoms with van der Waals surface area (Å²) in [5, 5.41) is 0. The molecule has 0 bridgehead atoms. The summed E-state index contributed by atoms with van der Waals surface area (Å²) < 4.78 is 0. The average Bonchev–Trinajstić information content (AvgIpc) is 3.49. The summed E-state index contributed by atoms with van der Waals surface area (Å²) in [6.07, 6.45) is 11.3. The zero-order valence-corrected chi connectivity index (χ0v) is 16.1. The summed E-state index contributed by atoms with van der Waals surface area (Å²) in [4.78, 5) is 29.6. The summed E-state index contributed by atoms with van der Waals surface area (Å²) >= 11 is 0. The first-order valence-electron chi connectivity index (χ1n) is 10.5. The third-order valence-electron chi connectivity index (χ3n) is 6.32. The van der Waals surface area contributed by atoms with Crippen LogP contribution in [0, 0.1) is 11.8 Å². The van der Waals surface area contributed by atoms with Gasteiger partial charge in [-0.05, 0) is 62.5 Å². The maximum absolute atomic E-state index is 13.1. The highest BCUT2D eigenvalue weighted by molar-refractivity contribution is 5.92. The second kappa shape index (κ2) is 8.28. The molecule has 144 valence electrons. The molecule has 4 rings (SSSR count). The van der Waals surface area contributed by atoms with Gasteiger partial charge in [0.05, 0.1) is 0 Å². The van der Waals surface area contributed by atoms with Crippen LogP contribution in [-0.4, -0.2) is 47.3 Å². The van der Waals surface area contributed by atoms with Crippen LogP contribution in [0.1, 0.15) is 50.5 Å². The molecule has 2 amide bonds. The molecule has 0 aromatic heterocycles. The van der Waals surface area contributed by atoms with Gasteiger partial charge in [-0.2, -0.15) is 0 Å². The second-order valence-corrected chi connectivity index (χ2v) is 8.36. The quantitative estimate of drug-likeness (QED) is 0.720. The third-order valence-corrected chi connectivity index (χ3v) is 6.32. The van der Waals surface area contributed by atoms with E-state index >= 15 is 0 Å². The fraction of sp³-hybridized carbons (Fsp3) is 0.565. The van der Waals surface area contributed by atoms with Crippen molar-refractivity contribution in [3.8, 4) is 0 Å². The summed E-state index contributed by atoms with van der Waals surface area (Å²) in [6, 6.07) is 10.4. The highest BCUT2D eigenvalue weighted by atomic mass is 16.2. The fourth-order valence-corrected chi connectivity index (χ4v) is 4.11. The van der Waals surface area contributed by atoms with Gasteiger partial charge in [0.25, 0.3) is 0 Å². The van der Waals surface area contributed by atoms with E-state index < -0.39 is 0 Å². The lowest BCUT2D eigenvalue weighted by Gasteiger charge is -2.41. The van der Waals surface area contributed by atoms with Crippen molar-refractivity contribution in [2.45, 2.75) is 51.0 Å². The van der Waals surface area contributed by atoms with E-state index in [9.17, 15) is 9.59 Å². The number of piperidine rings is 1. The van der Waals surface area contributed by atoms with Crippen LogP contribution >= 0.6 is 0 Å². The number of likely N-dealkylation sites (tertiary alicyclic amines) is 1. The average molecular weight is 367 g/mol. The van der Waals surface area contributed by atoms with Gasteiger partial charge in [0.15, 0.2) is 0 Å². The van der Waals surface area contributed by atoms with Crippen LogP contribution in [0.2, 0.25) is 0 Å². The fourth-order valence-electron chi connectivity index (χ4n) is 4.11. The van der Waals surface area contributed by atoms with Crippen molar-refractivity contribution in [2.24, 2.45) is 11.8 Å². The molecule has 1 aliphatic heterocycles. The summed E-state index contributed by atoms with van der Waals surface area (Å²) in [5.41, 5.74) is 1.03. The molecule has 0 N–H and O–H groups in total. The van der Waals surface area contributed by atoms with E-state index in [1.165, 1.54) is 32.1 Å². The summed E-state index contributed by atoms with van der Waals surface area (Å²) in [6.45, 7) is 2.36. The number of rotatable bonds is 6. The van der Waals surface area contributed by atoms with Gasteiger partial charge in [-0.25, -0.2) is 0 Å². The number of carbonyl (C=O) groups excluding carboxylic acids is 2. The molecule has 4 nitrogen and oxygen atoms in total. The van der Waals surface area contributed by atoms with Crippen LogP contribution in [-0.2, 0) is 9.59 Å². The number of carbonyl (C=O) groups is 2. The van der Waals surface area contributed by atoms with Crippen LogP contribution in [0.15, 0.2) is 36.4 Å². The monoisotopic (exact) mass is 366 g/mol. The number of nitrogens with zero attached hydrogens (tertiary/aromatic N) is 2. The van der Waals surface area contributed by atoms with E-state index in [-0.39, 0.29) is 11.8 Å². The predicted molar refractivity (Wildman–Crippen MR) is 107 cm³/mol. The van der Waals surface area contributed by atoms with Crippen molar-refractivity contribution in [2.75, 3.05) is 19.6 Å². The van der Waals surface area contributed by atoms with Crippen molar-refractivity contribution in [1.82, 2.24) is 9.80 Å². The minimum absolute atomic E-state index is 0.0542. The molecule has 0 spiro atoms. The maximum Gasteiger partial charge on any atom is 0.246 e. The lowest BCUT2D eigenvalue weighted by atomic mass is 9.88. The highest BCUT2D eigenvalue weighted by Crippen LogP contribution is 2.35. The first kappa shape index (κ1) is 18.3. The van der Waals surface area contributed by atoms with Gasteiger partial charge < -0.3 is 9.80 Å². The third kappa shape index (κ3) is 4.60. The van der Waals surface area contributed by atoms with Crippen LogP contribution in [0.25, 0.3) is 6.08 Å². The smallest absolute Gasteiger partial charge is 0.246 e. The molecule has 4 heteroatoms. The van der Waals surface area contributed by atoms with E-state index in [0.29, 0.717) is 25.0 Å². The standard InChI is InChI=1S/C23H30N2O2/c26-22(12-11-18-5-2-1-3-6-18)24-15-13-20(14-16-24)23(27)25(17-19-9-10-19)21-7-4-8-21/h1-3,5-6,11-12,19-21H,4,7-10,13-17H2/b12-11+. The Morgan fingerprint density at radius 1 is 1.00 bits per heavy atom. The molecule has 27 heavy (non-hydrogen) atoms. The molecule has 0 atom stereocenters. The lowest BCUT2D eigenvalue weighted by Crippen LogP contribution is -2.50. The molecule has 1 aromatic rings. The van der Waals surface area contributed by atoms with E-state index in [1.54, 1.807) is 6.08 Å². The van der Waals surface area contributed by atoms with Crippen LogP contribution < -0.4 is 0 Å². The van der Waals surface area contributed by atoms with Crippen molar-refractivity contribution in [3.05, 3.63) is 42.0 Å². The zero-order chi connectivity index (χ0) is 18.6. The molecular formula is C23H30N2O2. The van der Waals surface area contributed by atoms with Gasteiger partial charge in [0, 0.05) is 37.7 Å². The Bertz CT molecular complexity index is 684. The Labute approximate surface area is 162 Å². The first-order valence-corrected chi connectivity index (χ1v) is 10.5.